The van der Waals surface area contributed by atoms with Gasteiger partial charge in [0.15, 0.2) is 12.6 Å². The Morgan fingerprint density at radius 1 is 1.14 bits per heavy atom. The van der Waals surface area contributed by atoms with Crippen LogP contribution in [-0.2, 0) is 9.47 Å². The zero-order valence-corrected chi connectivity index (χ0v) is 27.7. The minimum Gasteiger partial charge on any atom is -0.472 e. The minimum absolute atomic E-state index is 0.0115. The van der Waals surface area contributed by atoms with Crippen LogP contribution in [0.2, 0.25) is 0 Å². The van der Waals surface area contributed by atoms with E-state index >= 15 is 8.78 Å². The van der Waals surface area contributed by atoms with Crippen LogP contribution in [0.1, 0.15) is 43.9 Å². The maximum absolute atomic E-state index is 17.3. The van der Waals surface area contributed by atoms with Crippen molar-refractivity contribution >= 4 is 33.3 Å². The van der Waals surface area contributed by atoms with Crippen LogP contribution >= 0.6 is 0 Å². The highest BCUT2D eigenvalue weighted by molar-refractivity contribution is 6.04. The summed E-state index contributed by atoms with van der Waals surface area (Å²) in [5, 5.41) is 1.05. The molecule has 50 heavy (non-hydrogen) atoms. The smallest absolute Gasteiger partial charge is 0.319 e. The van der Waals surface area contributed by atoms with Crippen molar-refractivity contribution in [3.8, 4) is 41.2 Å². The lowest BCUT2D eigenvalue weighted by Crippen LogP contribution is -2.38. The number of fused-ring (bicyclic) bond motifs is 2. The predicted octanol–water partition coefficient (Wildman–Crippen LogP) is 5.97. The van der Waals surface area contributed by atoms with Crippen molar-refractivity contribution in [1.29, 1.82) is 0 Å². The van der Waals surface area contributed by atoms with Crippen LogP contribution in [0.25, 0.3) is 32.9 Å². The number of ether oxygens (including phenoxy) is 5. The van der Waals surface area contributed by atoms with E-state index in [2.05, 4.69) is 15.9 Å². The number of nitrogen functional groups attached to an aromatic ring is 1. The monoisotopic (exact) mass is 680 g/mol. The van der Waals surface area contributed by atoms with E-state index < -0.39 is 17.7 Å². The molecule has 9 rings (SSSR count). The Morgan fingerprint density at radius 3 is 2.72 bits per heavy atom. The molecule has 2 aromatic carbocycles. The van der Waals surface area contributed by atoms with Gasteiger partial charge < -0.3 is 34.3 Å². The maximum Gasteiger partial charge on any atom is 0.319 e. The second kappa shape index (κ2) is 12.2. The van der Waals surface area contributed by atoms with Crippen molar-refractivity contribution in [1.82, 2.24) is 19.9 Å². The average molecular weight is 681 g/mol. The van der Waals surface area contributed by atoms with Gasteiger partial charge in [-0.1, -0.05) is 18.1 Å². The molecule has 3 aromatic heterocycles. The number of anilines is 2. The molecule has 2 saturated heterocycles. The topological polar surface area (TPSA) is 127 Å². The first kappa shape index (κ1) is 31.9. The Balaban J connectivity index is 1.37. The number of nitrogens with two attached hydrogens (primary N) is 1. The molecule has 2 bridgehead atoms. The standard InChI is InChI=1S/C37H34F2N6O5/c1-5-24-27(38)9-8-21-11-22(49-18-46-4)12-26(28(21)24)31-30(39)32-29-34(44-36(43-32)48-17-37-13-23(14-37)47-16-37)45(15-19(2)50-35(29)42-31)20(3)25-7-6-10-41-33(25)40/h1,6-12,19-20,23H,13-18H2,2-4H3,(H2,40,41)/t19-,20?,23?,37?/m0/s1. The number of nitrogens with zero attached hydrogens (tertiary/aromatic N) is 5. The quantitative estimate of drug-likeness (QED) is 0.146. The Hall–Kier alpha value is -5.32. The van der Waals surface area contributed by atoms with Crippen LogP contribution in [0.5, 0.6) is 17.6 Å². The molecule has 0 spiro atoms. The third kappa shape index (κ3) is 5.26. The van der Waals surface area contributed by atoms with E-state index in [1.165, 1.54) is 13.2 Å². The highest BCUT2D eigenvalue weighted by atomic mass is 19.1. The molecule has 5 aromatic rings. The molecule has 1 aliphatic carbocycles. The molecule has 13 heteroatoms. The average Bonchev–Trinajstić information content (AvgIpc) is 3.67. The summed E-state index contributed by atoms with van der Waals surface area (Å²) in [6.07, 6.45) is 9.00. The number of hydrogen-bond donors (Lipinski definition) is 1. The summed E-state index contributed by atoms with van der Waals surface area (Å²) < 4.78 is 61.8. The summed E-state index contributed by atoms with van der Waals surface area (Å²) in [5.74, 6) is 2.15. The fourth-order valence-corrected chi connectivity index (χ4v) is 7.29. The number of hydrogen-bond acceptors (Lipinski definition) is 11. The molecule has 4 aliphatic rings. The van der Waals surface area contributed by atoms with Crippen molar-refractivity contribution in [3.05, 3.63) is 65.4 Å². The Morgan fingerprint density at radius 2 is 1.98 bits per heavy atom. The molecule has 3 fully saturated rings. The minimum atomic E-state index is -0.799. The molecule has 11 nitrogen and oxygen atoms in total. The number of aromatic nitrogens is 4. The third-order valence-corrected chi connectivity index (χ3v) is 9.78. The zero-order chi connectivity index (χ0) is 34.7. The van der Waals surface area contributed by atoms with Gasteiger partial charge in [-0.05, 0) is 56.3 Å². The summed E-state index contributed by atoms with van der Waals surface area (Å²) in [6.45, 7) is 5.01. The fraction of sp³-hybridized carbons (Fsp3) is 0.351. The lowest BCUT2D eigenvalue weighted by molar-refractivity contribution is 0.0512. The molecular formula is C37H34F2N6O5. The molecule has 3 aliphatic heterocycles. The summed E-state index contributed by atoms with van der Waals surface area (Å²) in [4.78, 5) is 20.5. The molecule has 2 N–H and O–H groups in total. The second-order valence-electron chi connectivity index (χ2n) is 13.2. The van der Waals surface area contributed by atoms with Crippen molar-refractivity contribution in [3.63, 3.8) is 0 Å². The lowest BCUT2D eigenvalue weighted by Gasteiger charge is -2.34. The van der Waals surface area contributed by atoms with Crippen LogP contribution in [0.3, 0.4) is 0 Å². The van der Waals surface area contributed by atoms with Gasteiger partial charge in [0.25, 0.3) is 0 Å². The Kier molecular flexibility index (Phi) is 7.80. The van der Waals surface area contributed by atoms with Crippen molar-refractivity contribution < 1.29 is 32.5 Å². The van der Waals surface area contributed by atoms with Gasteiger partial charge in [0, 0.05) is 35.2 Å². The zero-order valence-electron chi connectivity index (χ0n) is 27.7. The number of terminal acetylenes is 1. The first-order chi connectivity index (χ1) is 24.2. The Labute approximate surface area is 286 Å². The summed E-state index contributed by atoms with van der Waals surface area (Å²) in [5.41, 5.74) is 6.85. The van der Waals surface area contributed by atoms with Crippen LogP contribution in [0.15, 0.2) is 42.6 Å². The maximum atomic E-state index is 17.3. The third-order valence-electron chi connectivity index (χ3n) is 9.78. The van der Waals surface area contributed by atoms with Crippen molar-refractivity contribution in [2.24, 2.45) is 5.41 Å². The summed E-state index contributed by atoms with van der Waals surface area (Å²) in [7, 11) is 1.48. The van der Waals surface area contributed by atoms with Crippen LogP contribution in [0.4, 0.5) is 20.4 Å². The van der Waals surface area contributed by atoms with Crippen LogP contribution in [0, 0.1) is 29.4 Å². The molecule has 0 radical (unpaired) electrons. The van der Waals surface area contributed by atoms with Gasteiger partial charge in [-0.15, -0.1) is 6.42 Å². The number of benzene rings is 2. The first-order valence-corrected chi connectivity index (χ1v) is 16.3. The molecule has 0 amide bonds. The van der Waals surface area contributed by atoms with E-state index in [4.69, 9.17) is 45.8 Å². The van der Waals surface area contributed by atoms with Gasteiger partial charge >= 0.3 is 6.01 Å². The largest absolute Gasteiger partial charge is 0.472 e. The van der Waals surface area contributed by atoms with Gasteiger partial charge in [0.05, 0.1) is 37.5 Å². The van der Waals surface area contributed by atoms with Crippen molar-refractivity contribution in [2.45, 2.75) is 44.9 Å². The van der Waals surface area contributed by atoms with E-state index in [1.54, 1.807) is 24.4 Å². The molecule has 6 heterocycles. The molecule has 1 unspecified atom stereocenters. The molecule has 256 valence electrons. The van der Waals surface area contributed by atoms with Gasteiger partial charge in [-0.25, -0.2) is 18.7 Å². The van der Waals surface area contributed by atoms with Gasteiger partial charge in [0.2, 0.25) is 5.88 Å². The van der Waals surface area contributed by atoms with Gasteiger partial charge in [-0.3, -0.25) is 0 Å². The molecule has 2 atom stereocenters. The predicted molar refractivity (Wildman–Crippen MR) is 182 cm³/mol. The summed E-state index contributed by atoms with van der Waals surface area (Å²) >= 11 is 0. The van der Waals surface area contributed by atoms with E-state index in [0.29, 0.717) is 42.5 Å². The normalized spacial score (nSPS) is 21.3. The molecular weight excluding hydrogens is 646 g/mol. The van der Waals surface area contributed by atoms with Gasteiger partial charge in [0.1, 0.15) is 45.9 Å². The fourth-order valence-electron chi connectivity index (χ4n) is 7.29. The van der Waals surface area contributed by atoms with Crippen molar-refractivity contribution in [2.75, 3.05) is 44.3 Å². The number of methoxy groups -OCH3 is 1. The lowest BCUT2D eigenvalue weighted by atomic mass is 9.71. The van der Waals surface area contributed by atoms with Gasteiger partial charge in [-0.2, -0.15) is 9.97 Å². The number of rotatable bonds is 9. The van der Waals surface area contributed by atoms with E-state index in [9.17, 15) is 0 Å². The first-order valence-electron chi connectivity index (χ1n) is 16.3. The van der Waals surface area contributed by atoms with Crippen LogP contribution < -0.4 is 24.8 Å². The van der Waals surface area contributed by atoms with Crippen LogP contribution in [-0.4, -0.2) is 65.8 Å². The van der Waals surface area contributed by atoms with E-state index in [1.807, 2.05) is 30.9 Å². The summed E-state index contributed by atoms with van der Waals surface area (Å²) in [6, 6.07) is 9.37. The Bertz CT molecular complexity index is 2200. The highest BCUT2D eigenvalue weighted by Gasteiger charge is 2.52. The van der Waals surface area contributed by atoms with E-state index in [0.717, 1.165) is 18.4 Å². The SMILES string of the molecule is C#Cc1c(F)ccc2cc(OCOC)cc(-c3nc4c5c(nc(OCC67COC(C6)C7)nc5c3F)N(C(C)c3cccnc3N)C[C@H](C)O4)c12. The number of halogens is 2. The second-order valence-corrected chi connectivity index (χ2v) is 13.2. The highest BCUT2D eigenvalue weighted by Crippen LogP contribution is 2.50. The number of pyridine rings is 2. The molecule has 1 saturated carbocycles. The van der Waals surface area contributed by atoms with E-state index in [-0.39, 0.29) is 69.4 Å².